The molecule has 1 saturated carbocycles. The van der Waals surface area contributed by atoms with Crippen molar-refractivity contribution in [1.29, 1.82) is 0 Å². The van der Waals surface area contributed by atoms with Gasteiger partial charge in [-0.15, -0.1) is 0 Å². The predicted octanol–water partition coefficient (Wildman–Crippen LogP) is 2.57. The van der Waals surface area contributed by atoms with E-state index in [1.54, 1.807) is 0 Å². The lowest BCUT2D eigenvalue weighted by Crippen LogP contribution is -2.31. The molecule has 0 radical (unpaired) electrons. The highest BCUT2D eigenvalue weighted by Gasteiger charge is 2.32. The molecule has 1 aliphatic rings. The van der Waals surface area contributed by atoms with Crippen molar-refractivity contribution >= 4 is 0 Å². The van der Waals surface area contributed by atoms with Gasteiger partial charge in [-0.3, -0.25) is 0 Å². The SMILES string of the molecule is CCCNCc1cncn1CC1(C)CCC1. The molecule has 1 aromatic heterocycles. The van der Waals surface area contributed by atoms with Gasteiger partial charge in [-0.2, -0.15) is 0 Å². The summed E-state index contributed by atoms with van der Waals surface area (Å²) in [7, 11) is 0. The molecule has 0 aliphatic heterocycles. The zero-order valence-corrected chi connectivity index (χ0v) is 10.5. The summed E-state index contributed by atoms with van der Waals surface area (Å²) in [6.45, 7) is 7.75. The Balaban J connectivity index is 1.90. The van der Waals surface area contributed by atoms with Gasteiger partial charge in [0.25, 0.3) is 0 Å². The van der Waals surface area contributed by atoms with Crippen molar-refractivity contribution in [3.05, 3.63) is 18.2 Å². The normalized spacial score (nSPS) is 18.4. The minimum Gasteiger partial charge on any atom is -0.333 e. The van der Waals surface area contributed by atoms with Crippen LogP contribution in [0.3, 0.4) is 0 Å². The highest BCUT2D eigenvalue weighted by atomic mass is 15.1. The average molecular weight is 221 g/mol. The van der Waals surface area contributed by atoms with Gasteiger partial charge >= 0.3 is 0 Å². The second-order valence-electron chi connectivity index (χ2n) is 5.35. The van der Waals surface area contributed by atoms with Crippen molar-refractivity contribution in [3.8, 4) is 0 Å². The molecule has 0 spiro atoms. The van der Waals surface area contributed by atoms with E-state index in [0.29, 0.717) is 5.41 Å². The summed E-state index contributed by atoms with van der Waals surface area (Å²) in [6, 6.07) is 0. The smallest absolute Gasteiger partial charge is 0.0948 e. The Labute approximate surface area is 98.3 Å². The van der Waals surface area contributed by atoms with Crippen LogP contribution in [0.4, 0.5) is 0 Å². The zero-order valence-electron chi connectivity index (χ0n) is 10.5. The molecule has 90 valence electrons. The van der Waals surface area contributed by atoms with E-state index in [1.807, 2.05) is 12.5 Å². The second-order valence-corrected chi connectivity index (χ2v) is 5.35. The van der Waals surface area contributed by atoms with E-state index < -0.39 is 0 Å². The Bertz CT molecular complexity index is 326. The third kappa shape index (κ3) is 2.64. The van der Waals surface area contributed by atoms with E-state index in [2.05, 4.69) is 28.7 Å². The maximum absolute atomic E-state index is 4.27. The van der Waals surface area contributed by atoms with E-state index >= 15 is 0 Å². The summed E-state index contributed by atoms with van der Waals surface area (Å²) in [5, 5.41) is 3.44. The van der Waals surface area contributed by atoms with Crippen molar-refractivity contribution in [2.75, 3.05) is 6.54 Å². The molecule has 3 heteroatoms. The van der Waals surface area contributed by atoms with Crippen LogP contribution in [-0.4, -0.2) is 16.1 Å². The molecule has 0 aromatic carbocycles. The van der Waals surface area contributed by atoms with Gasteiger partial charge in [0.05, 0.1) is 12.0 Å². The van der Waals surface area contributed by atoms with Gasteiger partial charge in [0.2, 0.25) is 0 Å². The van der Waals surface area contributed by atoms with Crippen molar-refractivity contribution < 1.29 is 0 Å². The van der Waals surface area contributed by atoms with E-state index in [0.717, 1.165) is 19.6 Å². The molecule has 0 atom stereocenters. The fraction of sp³-hybridized carbons (Fsp3) is 0.769. The summed E-state index contributed by atoms with van der Waals surface area (Å²) in [5.41, 5.74) is 1.85. The summed E-state index contributed by atoms with van der Waals surface area (Å²) in [4.78, 5) is 4.27. The molecular formula is C13H23N3. The van der Waals surface area contributed by atoms with Crippen LogP contribution in [0.2, 0.25) is 0 Å². The van der Waals surface area contributed by atoms with Gasteiger partial charge in [0.15, 0.2) is 0 Å². The molecule has 2 rings (SSSR count). The van der Waals surface area contributed by atoms with Gasteiger partial charge in [-0.25, -0.2) is 4.98 Å². The Morgan fingerprint density at radius 2 is 2.31 bits per heavy atom. The van der Waals surface area contributed by atoms with Crippen molar-refractivity contribution in [2.45, 2.75) is 52.6 Å². The highest BCUT2D eigenvalue weighted by Crippen LogP contribution is 2.41. The molecule has 1 aromatic rings. The Morgan fingerprint density at radius 3 is 2.94 bits per heavy atom. The first-order valence-corrected chi connectivity index (χ1v) is 6.43. The molecule has 1 heterocycles. The topological polar surface area (TPSA) is 29.9 Å². The van der Waals surface area contributed by atoms with Gasteiger partial charge in [-0.1, -0.05) is 20.3 Å². The molecule has 3 nitrogen and oxygen atoms in total. The quantitative estimate of drug-likeness (QED) is 0.748. The standard InChI is InChI=1S/C13H23N3/c1-3-7-14-8-12-9-15-11-16(12)10-13(2)5-4-6-13/h9,11,14H,3-8,10H2,1-2H3. The molecule has 0 unspecified atom stereocenters. The third-order valence-corrected chi connectivity index (χ3v) is 3.64. The van der Waals surface area contributed by atoms with Gasteiger partial charge < -0.3 is 9.88 Å². The van der Waals surface area contributed by atoms with Crippen LogP contribution < -0.4 is 5.32 Å². The summed E-state index contributed by atoms with van der Waals surface area (Å²) >= 11 is 0. The molecular weight excluding hydrogens is 198 g/mol. The van der Waals surface area contributed by atoms with Crippen LogP contribution in [0.25, 0.3) is 0 Å². The lowest BCUT2D eigenvalue weighted by Gasteiger charge is -2.39. The molecule has 0 bridgehead atoms. The lowest BCUT2D eigenvalue weighted by molar-refractivity contribution is 0.130. The van der Waals surface area contributed by atoms with Crippen molar-refractivity contribution in [2.24, 2.45) is 5.41 Å². The Morgan fingerprint density at radius 1 is 1.50 bits per heavy atom. The number of nitrogens with one attached hydrogen (secondary N) is 1. The number of nitrogens with zero attached hydrogens (tertiary/aromatic N) is 2. The largest absolute Gasteiger partial charge is 0.333 e. The fourth-order valence-electron chi connectivity index (χ4n) is 2.38. The van der Waals surface area contributed by atoms with E-state index in [9.17, 15) is 0 Å². The number of aromatic nitrogens is 2. The van der Waals surface area contributed by atoms with Gasteiger partial charge in [0, 0.05) is 19.3 Å². The first kappa shape index (κ1) is 11.6. The molecule has 1 fully saturated rings. The summed E-state index contributed by atoms with van der Waals surface area (Å²) < 4.78 is 2.32. The molecule has 0 saturated heterocycles. The first-order valence-electron chi connectivity index (χ1n) is 6.43. The molecule has 1 N–H and O–H groups in total. The first-order chi connectivity index (χ1) is 7.73. The average Bonchev–Trinajstić information content (AvgIpc) is 2.64. The summed E-state index contributed by atoms with van der Waals surface area (Å²) in [6.07, 6.45) is 9.29. The van der Waals surface area contributed by atoms with Gasteiger partial charge in [0.1, 0.15) is 0 Å². The minimum atomic E-state index is 0.528. The monoisotopic (exact) mass is 221 g/mol. The third-order valence-electron chi connectivity index (χ3n) is 3.64. The zero-order chi connectivity index (χ0) is 11.4. The highest BCUT2D eigenvalue weighted by molar-refractivity contribution is 5.00. The van der Waals surface area contributed by atoms with Crippen LogP contribution >= 0.6 is 0 Å². The molecule has 0 amide bonds. The number of imidazole rings is 1. The van der Waals surface area contributed by atoms with Crippen LogP contribution in [0.15, 0.2) is 12.5 Å². The lowest BCUT2D eigenvalue weighted by atomic mass is 9.70. The molecule has 16 heavy (non-hydrogen) atoms. The maximum atomic E-state index is 4.27. The number of hydrogen-bond donors (Lipinski definition) is 1. The van der Waals surface area contributed by atoms with Crippen LogP contribution in [0.5, 0.6) is 0 Å². The molecule has 1 aliphatic carbocycles. The van der Waals surface area contributed by atoms with Crippen molar-refractivity contribution in [3.63, 3.8) is 0 Å². The van der Waals surface area contributed by atoms with Crippen LogP contribution in [0.1, 0.15) is 45.2 Å². The Hall–Kier alpha value is -0.830. The van der Waals surface area contributed by atoms with E-state index in [-0.39, 0.29) is 0 Å². The van der Waals surface area contributed by atoms with Crippen molar-refractivity contribution in [1.82, 2.24) is 14.9 Å². The Kier molecular flexibility index (Phi) is 3.64. The van der Waals surface area contributed by atoms with Crippen LogP contribution in [-0.2, 0) is 13.1 Å². The second kappa shape index (κ2) is 5.00. The predicted molar refractivity (Wildman–Crippen MR) is 66.2 cm³/mol. The van der Waals surface area contributed by atoms with Crippen LogP contribution in [0, 0.1) is 5.41 Å². The van der Waals surface area contributed by atoms with E-state index in [1.165, 1.54) is 31.4 Å². The minimum absolute atomic E-state index is 0.528. The maximum Gasteiger partial charge on any atom is 0.0948 e. The van der Waals surface area contributed by atoms with E-state index in [4.69, 9.17) is 0 Å². The summed E-state index contributed by atoms with van der Waals surface area (Å²) in [5.74, 6) is 0. The fourth-order valence-corrected chi connectivity index (χ4v) is 2.38. The number of rotatable bonds is 6. The van der Waals surface area contributed by atoms with Gasteiger partial charge in [-0.05, 0) is 31.2 Å². The number of hydrogen-bond acceptors (Lipinski definition) is 2.